The van der Waals surface area contributed by atoms with E-state index in [2.05, 4.69) is 15.8 Å². The molecule has 37 heavy (non-hydrogen) atoms. The second kappa shape index (κ2) is 10.3. The summed E-state index contributed by atoms with van der Waals surface area (Å²) in [6.07, 6.45) is 2.50. The second-order valence-electron chi connectivity index (χ2n) is 9.84. The van der Waals surface area contributed by atoms with Gasteiger partial charge in [-0.05, 0) is 35.6 Å². The average Bonchev–Trinajstić information content (AvgIpc) is 3.45. The van der Waals surface area contributed by atoms with Crippen molar-refractivity contribution in [3.63, 3.8) is 0 Å². The maximum Gasteiger partial charge on any atom is 0.261 e. The lowest BCUT2D eigenvalue weighted by Crippen LogP contribution is -2.54. The minimum absolute atomic E-state index is 0.135. The van der Waals surface area contributed by atoms with Gasteiger partial charge in [-0.2, -0.15) is 0 Å². The van der Waals surface area contributed by atoms with Crippen LogP contribution in [0.15, 0.2) is 85.1 Å². The van der Waals surface area contributed by atoms with Crippen molar-refractivity contribution in [2.24, 2.45) is 5.92 Å². The summed E-state index contributed by atoms with van der Waals surface area (Å²) in [5.74, 6) is -0.800. The molecule has 1 aromatic heterocycles. The zero-order chi connectivity index (χ0) is 25.9. The summed E-state index contributed by atoms with van der Waals surface area (Å²) in [4.78, 5) is 44.9. The highest BCUT2D eigenvalue weighted by atomic mass is 16.2. The van der Waals surface area contributed by atoms with Gasteiger partial charge in [0.05, 0.1) is 12.5 Å². The molecule has 3 aromatic carbocycles. The summed E-state index contributed by atoms with van der Waals surface area (Å²) in [6.45, 7) is 4.03. The Morgan fingerprint density at radius 2 is 1.59 bits per heavy atom. The van der Waals surface area contributed by atoms with E-state index in [1.165, 1.54) is 0 Å². The maximum absolute atomic E-state index is 13.8. The fraction of sp³-hybridized carbons (Fsp3) is 0.233. The van der Waals surface area contributed by atoms with Gasteiger partial charge in [0.15, 0.2) is 0 Å². The number of hydrazine groups is 1. The van der Waals surface area contributed by atoms with Crippen LogP contribution in [-0.4, -0.2) is 33.6 Å². The number of benzene rings is 3. The van der Waals surface area contributed by atoms with Crippen LogP contribution >= 0.6 is 0 Å². The fourth-order valence-corrected chi connectivity index (χ4v) is 5.13. The molecule has 0 bridgehead atoms. The van der Waals surface area contributed by atoms with Gasteiger partial charge in [0.2, 0.25) is 5.91 Å². The van der Waals surface area contributed by atoms with E-state index in [4.69, 9.17) is 0 Å². The lowest BCUT2D eigenvalue weighted by atomic mass is 9.95. The lowest BCUT2D eigenvalue weighted by molar-refractivity contribution is -0.132. The molecule has 2 atom stereocenters. The van der Waals surface area contributed by atoms with Crippen molar-refractivity contribution in [2.45, 2.75) is 38.8 Å². The third-order valence-corrected chi connectivity index (χ3v) is 6.78. The number of nitrogens with zero attached hydrogens (tertiary/aromatic N) is 1. The molecule has 3 N–H and O–H groups in total. The number of nitrogens with one attached hydrogen (secondary N) is 3. The summed E-state index contributed by atoms with van der Waals surface area (Å²) < 4.78 is 0. The number of amides is 3. The van der Waals surface area contributed by atoms with Gasteiger partial charge in [-0.3, -0.25) is 25.2 Å². The molecule has 188 valence electrons. The summed E-state index contributed by atoms with van der Waals surface area (Å²) in [5.41, 5.74) is 9.34. The minimum Gasteiger partial charge on any atom is -0.361 e. The molecule has 1 aliphatic rings. The third-order valence-electron chi connectivity index (χ3n) is 6.78. The first kappa shape index (κ1) is 24.3. The van der Waals surface area contributed by atoms with Crippen molar-refractivity contribution in [1.82, 2.24) is 20.7 Å². The van der Waals surface area contributed by atoms with E-state index in [-0.39, 0.29) is 24.2 Å². The zero-order valence-corrected chi connectivity index (χ0v) is 20.9. The van der Waals surface area contributed by atoms with Gasteiger partial charge < -0.3 is 9.88 Å². The highest BCUT2D eigenvalue weighted by Gasteiger charge is 2.44. The maximum atomic E-state index is 13.8. The number of hydrogen-bond acceptors (Lipinski definition) is 3. The lowest BCUT2D eigenvalue weighted by Gasteiger charge is -2.33. The van der Waals surface area contributed by atoms with Crippen LogP contribution in [0.4, 0.5) is 0 Å². The first-order valence-electron chi connectivity index (χ1n) is 12.5. The molecule has 0 saturated heterocycles. The summed E-state index contributed by atoms with van der Waals surface area (Å²) in [5, 5.41) is 1.00. The zero-order valence-electron chi connectivity index (χ0n) is 20.9. The molecule has 2 heterocycles. The number of H-pyrrole nitrogens is 1. The molecule has 0 radical (unpaired) electrons. The number of fused-ring (bicyclic) bond motifs is 2. The molecule has 5 rings (SSSR count). The van der Waals surface area contributed by atoms with Gasteiger partial charge in [0.25, 0.3) is 11.8 Å². The molecule has 7 nitrogen and oxygen atoms in total. The van der Waals surface area contributed by atoms with E-state index >= 15 is 0 Å². The first-order chi connectivity index (χ1) is 17.9. The quantitative estimate of drug-likeness (QED) is 0.330. The Balaban J connectivity index is 1.46. The Kier molecular flexibility index (Phi) is 6.77. The van der Waals surface area contributed by atoms with Crippen LogP contribution in [-0.2, 0) is 16.0 Å². The predicted molar refractivity (Wildman–Crippen MR) is 142 cm³/mol. The molecule has 1 aliphatic heterocycles. The van der Waals surface area contributed by atoms with E-state index in [9.17, 15) is 14.4 Å². The summed E-state index contributed by atoms with van der Waals surface area (Å²) in [7, 11) is 0. The third kappa shape index (κ3) is 4.85. The van der Waals surface area contributed by atoms with Gasteiger partial charge in [0, 0.05) is 28.2 Å². The van der Waals surface area contributed by atoms with Crippen molar-refractivity contribution in [2.75, 3.05) is 0 Å². The molecule has 7 heteroatoms. The summed E-state index contributed by atoms with van der Waals surface area (Å²) in [6, 6.07) is 23.6. The molecule has 3 amide bonds. The second-order valence-corrected chi connectivity index (χ2v) is 9.84. The number of hydrogen-bond donors (Lipinski definition) is 3. The van der Waals surface area contributed by atoms with Crippen molar-refractivity contribution < 1.29 is 14.4 Å². The van der Waals surface area contributed by atoms with Crippen LogP contribution in [0.5, 0.6) is 0 Å². The minimum atomic E-state index is -0.782. The number of rotatable bonds is 7. The monoisotopic (exact) mass is 494 g/mol. The van der Waals surface area contributed by atoms with Gasteiger partial charge in [-0.25, -0.2) is 0 Å². The van der Waals surface area contributed by atoms with Gasteiger partial charge in [0.1, 0.15) is 6.04 Å². The smallest absolute Gasteiger partial charge is 0.261 e. The van der Waals surface area contributed by atoms with E-state index in [1.54, 1.807) is 4.90 Å². The first-order valence-corrected chi connectivity index (χ1v) is 12.5. The number of carbonyl (C=O) groups excluding carboxylic acids is 3. The molecule has 0 fully saturated rings. The fourth-order valence-electron chi connectivity index (χ4n) is 5.13. The Hall–Kier alpha value is -4.39. The molecule has 4 aromatic rings. The van der Waals surface area contributed by atoms with Crippen LogP contribution in [0.1, 0.15) is 53.4 Å². The van der Waals surface area contributed by atoms with Crippen molar-refractivity contribution >= 4 is 28.6 Å². The topological polar surface area (TPSA) is 94.3 Å². The van der Waals surface area contributed by atoms with E-state index in [0.29, 0.717) is 12.0 Å². The number of carbonyl (C=O) groups is 3. The summed E-state index contributed by atoms with van der Waals surface area (Å²) >= 11 is 0. The van der Waals surface area contributed by atoms with Crippen molar-refractivity contribution in [3.8, 4) is 0 Å². The Bertz CT molecular complexity index is 1440. The molecule has 0 spiro atoms. The van der Waals surface area contributed by atoms with Gasteiger partial charge in [-0.1, -0.05) is 80.6 Å². The van der Waals surface area contributed by atoms with Crippen LogP contribution in [0.2, 0.25) is 0 Å². The average molecular weight is 495 g/mol. The number of aromatic amines is 1. The number of para-hydroxylation sites is 1. The van der Waals surface area contributed by atoms with Crippen LogP contribution < -0.4 is 10.9 Å². The highest BCUT2D eigenvalue weighted by molar-refractivity contribution is 6.03. The predicted octanol–water partition coefficient (Wildman–Crippen LogP) is 4.52. The van der Waals surface area contributed by atoms with Crippen molar-refractivity contribution in [1.29, 1.82) is 0 Å². The molecular weight excluding hydrogens is 464 g/mol. The SMILES string of the molecule is CC(C)CC(C(=O)NNC(=O)Cc1ccccc1)N1C(=O)c2ccccc2C1c1c[nH]c2ccccc12. The molecular formula is C30H30N4O3. The van der Waals surface area contributed by atoms with Crippen LogP contribution in [0.3, 0.4) is 0 Å². The highest BCUT2D eigenvalue weighted by Crippen LogP contribution is 2.43. The van der Waals surface area contributed by atoms with E-state index in [0.717, 1.165) is 27.6 Å². The number of aromatic nitrogens is 1. The Morgan fingerprint density at radius 3 is 2.38 bits per heavy atom. The molecule has 0 saturated carbocycles. The molecule has 2 unspecified atom stereocenters. The van der Waals surface area contributed by atoms with E-state index in [1.807, 2.05) is 98.9 Å². The standard InChI is InChI=1S/C30H30N4O3/c1-19(2)16-26(29(36)33-32-27(35)17-20-10-4-3-5-11-20)34-28(22-13-6-7-14-23(22)30(34)37)24-18-31-25-15-9-8-12-21(24)25/h3-15,18-19,26,28,31H,16-17H2,1-2H3,(H,32,35)(H,33,36). The van der Waals surface area contributed by atoms with Gasteiger partial charge >= 0.3 is 0 Å². The van der Waals surface area contributed by atoms with Gasteiger partial charge in [-0.15, -0.1) is 0 Å². The van der Waals surface area contributed by atoms with Crippen molar-refractivity contribution in [3.05, 3.63) is 107 Å². The normalized spacial score (nSPS) is 15.6. The largest absolute Gasteiger partial charge is 0.361 e. The Morgan fingerprint density at radius 1 is 0.892 bits per heavy atom. The molecule has 0 aliphatic carbocycles. The van der Waals surface area contributed by atoms with Crippen LogP contribution in [0.25, 0.3) is 10.9 Å². The Labute approximate surface area is 215 Å². The van der Waals surface area contributed by atoms with Crippen LogP contribution in [0, 0.1) is 5.92 Å². The van der Waals surface area contributed by atoms with E-state index < -0.39 is 18.0 Å².